The second-order valence-corrected chi connectivity index (χ2v) is 2.95. The summed E-state index contributed by atoms with van der Waals surface area (Å²) in [5.74, 6) is 4.94. The van der Waals surface area contributed by atoms with Crippen LogP contribution in [0.3, 0.4) is 0 Å². The van der Waals surface area contributed by atoms with Crippen LogP contribution in [0.4, 0.5) is 0 Å². The number of carboxylic acid groups (broad SMARTS) is 1. The van der Waals surface area contributed by atoms with E-state index in [1.165, 1.54) is 5.01 Å². The fourth-order valence-electron chi connectivity index (χ4n) is 0.967. The Balaban J connectivity index is 2.46. The third-order valence-corrected chi connectivity index (χ3v) is 1.84. The molecule has 0 radical (unpaired) electrons. The molecule has 0 aliphatic heterocycles. The Morgan fingerprint density at radius 2 is 2.25 bits per heavy atom. The second-order valence-electron chi connectivity index (χ2n) is 2.95. The van der Waals surface area contributed by atoms with Crippen LogP contribution in [-0.4, -0.2) is 22.6 Å². The van der Waals surface area contributed by atoms with Crippen LogP contribution in [-0.2, 0) is 4.79 Å². The summed E-state index contributed by atoms with van der Waals surface area (Å²) >= 11 is 0. The normalized spacial score (nSPS) is 17.6. The zero-order valence-corrected chi connectivity index (χ0v) is 6.73. The first-order valence-electron chi connectivity index (χ1n) is 3.82. The predicted molar refractivity (Wildman–Crippen MR) is 43.5 cm³/mol. The molecular weight excluding hydrogens is 158 g/mol. The van der Waals surface area contributed by atoms with E-state index in [-0.39, 0.29) is 5.70 Å². The molecule has 0 amide bonds. The molecule has 0 aromatic rings. The summed E-state index contributed by atoms with van der Waals surface area (Å²) in [6.45, 7) is 0.579. The molecule has 0 aromatic heterocycles. The first-order valence-corrected chi connectivity index (χ1v) is 3.82. The van der Waals surface area contributed by atoms with Crippen LogP contribution in [0.1, 0.15) is 12.8 Å². The van der Waals surface area contributed by atoms with Gasteiger partial charge in [-0.2, -0.15) is 0 Å². The van der Waals surface area contributed by atoms with E-state index in [2.05, 4.69) is 0 Å². The van der Waals surface area contributed by atoms with E-state index in [0.717, 1.165) is 19.0 Å². The fraction of sp³-hybridized carbons (Fsp3) is 0.571. The van der Waals surface area contributed by atoms with Gasteiger partial charge in [-0.3, -0.25) is 0 Å². The molecule has 0 heterocycles. The Kier molecular flexibility index (Phi) is 2.54. The van der Waals surface area contributed by atoms with Gasteiger partial charge in [0.25, 0.3) is 0 Å². The Morgan fingerprint density at radius 3 is 2.58 bits per heavy atom. The first-order chi connectivity index (χ1) is 5.65. The topological polar surface area (TPSA) is 92.6 Å². The second kappa shape index (κ2) is 3.44. The largest absolute Gasteiger partial charge is 0.476 e. The monoisotopic (exact) mass is 171 g/mol. The van der Waals surface area contributed by atoms with Crippen LogP contribution < -0.4 is 11.6 Å². The predicted octanol–water partition coefficient (Wildman–Crippen LogP) is -0.543. The SMILES string of the molecule is N/C=C(/C(=O)O)N(N)CC1CC1. The maximum atomic E-state index is 10.5. The molecule has 12 heavy (non-hydrogen) atoms. The maximum absolute atomic E-state index is 10.5. The van der Waals surface area contributed by atoms with E-state index in [0.29, 0.717) is 12.5 Å². The number of carbonyl (C=O) groups is 1. The van der Waals surface area contributed by atoms with Gasteiger partial charge in [0.2, 0.25) is 0 Å². The minimum Gasteiger partial charge on any atom is -0.476 e. The smallest absolute Gasteiger partial charge is 0.355 e. The summed E-state index contributed by atoms with van der Waals surface area (Å²) in [5, 5.41) is 9.80. The number of hydrogen-bond acceptors (Lipinski definition) is 4. The van der Waals surface area contributed by atoms with Gasteiger partial charge in [0, 0.05) is 12.7 Å². The third-order valence-electron chi connectivity index (χ3n) is 1.84. The lowest BCUT2D eigenvalue weighted by atomic mass is 10.3. The van der Waals surface area contributed by atoms with Crippen LogP contribution >= 0.6 is 0 Å². The molecule has 1 rings (SSSR count). The van der Waals surface area contributed by atoms with E-state index >= 15 is 0 Å². The molecule has 68 valence electrons. The number of rotatable bonds is 4. The fourth-order valence-corrected chi connectivity index (χ4v) is 0.967. The Bertz CT molecular complexity index is 211. The van der Waals surface area contributed by atoms with Crippen molar-refractivity contribution in [3.05, 3.63) is 11.9 Å². The summed E-state index contributed by atoms with van der Waals surface area (Å²) < 4.78 is 0. The minimum atomic E-state index is -1.08. The zero-order valence-electron chi connectivity index (χ0n) is 6.73. The molecule has 1 aliphatic carbocycles. The van der Waals surface area contributed by atoms with Crippen LogP contribution in [0, 0.1) is 5.92 Å². The molecule has 0 aromatic carbocycles. The van der Waals surface area contributed by atoms with E-state index in [1.54, 1.807) is 0 Å². The molecule has 1 fully saturated rings. The number of hydrogen-bond donors (Lipinski definition) is 3. The lowest BCUT2D eigenvalue weighted by Gasteiger charge is -2.17. The van der Waals surface area contributed by atoms with Crippen molar-refractivity contribution in [1.82, 2.24) is 5.01 Å². The van der Waals surface area contributed by atoms with Gasteiger partial charge in [-0.15, -0.1) is 0 Å². The average Bonchev–Trinajstić information content (AvgIpc) is 2.71. The van der Waals surface area contributed by atoms with E-state index in [9.17, 15) is 4.79 Å². The van der Waals surface area contributed by atoms with Crippen LogP contribution in [0.15, 0.2) is 11.9 Å². The molecule has 0 atom stereocenters. The maximum Gasteiger partial charge on any atom is 0.355 e. The molecule has 0 bridgehead atoms. The molecular formula is C7H13N3O2. The Labute approximate surface area is 70.6 Å². The molecule has 0 unspecified atom stereocenters. The number of nitrogens with zero attached hydrogens (tertiary/aromatic N) is 1. The van der Waals surface area contributed by atoms with Crippen molar-refractivity contribution in [3.8, 4) is 0 Å². The van der Waals surface area contributed by atoms with Gasteiger partial charge in [-0.25, -0.2) is 10.6 Å². The van der Waals surface area contributed by atoms with Crippen molar-refractivity contribution in [2.24, 2.45) is 17.5 Å². The van der Waals surface area contributed by atoms with Gasteiger partial charge in [0.05, 0.1) is 0 Å². The number of nitrogens with two attached hydrogens (primary N) is 2. The lowest BCUT2D eigenvalue weighted by molar-refractivity contribution is -0.134. The first kappa shape index (κ1) is 8.86. The summed E-state index contributed by atoms with van der Waals surface area (Å²) in [7, 11) is 0. The van der Waals surface area contributed by atoms with E-state index < -0.39 is 5.97 Å². The van der Waals surface area contributed by atoms with Gasteiger partial charge in [-0.05, 0) is 18.8 Å². The van der Waals surface area contributed by atoms with Gasteiger partial charge < -0.3 is 15.8 Å². The summed E-state index contributed by atoms with van der Waals surface area (Å²) in [6, 6.07) is 0. The van der Waals surface area contributed by atoms with Crippen molar-refractivity contribution < 1.29 is 9.90 Å². The molecule has 5 heteroatoms. The third kappa shape index (κ3) is 2.13. The highest BCUT2D eigenvalue weighted by Crippen LogP contribution is 2.29. The standard InChI is InChI=1S/C7H13N3O2/c8-3-6(7(11)12)10(9)4-5-1-2-5/h3,5H,1-2,4,8-9H2,(H,11,12)/b6-3-. The van der Waals surface area contributed by atoms with Gasteiger partial charge in [-0.1, -0.05) is 0 Å². The van der Waals surface area contributed by atoms with Crippen molar-refractivity contribution in [1.29, 1.82) is 0 Å². The molecule has 5 N–H and O–H groups in total. The van der Waals surface area contributed by atoms with Crippen LogP contribution in [0.25, 0.3) is 0 Å². The van der Waals surface area contributed by atoms with Crippen LogP contribution in [0.5, 0.6) is 0 Å². The van der Waals surface area contributed by atoms with Crippen molar-refractivity contribution in [2.75, 3.05) is 6.54 Å². The molecule has 1 saturated carbocycles. The lowest BCUT2D eigenvalue weighted by Crippen LogP contribution is -2.36. The van der Waals surface area contributed by atoms with Crippen molar-refractivity contribution in [3.63, 3.8) is 0 Å². The highest BCUT2D eigenvalue weighted by atomic mass is 16.4. The van der Waals surface area contributed by atoms with Gasteiger partial charge in [0.15, 0.2) is 5.70 Å². The molecule has 0 saturated heterocycles. The zero-order chi connectivity index (χ0) is 9.14. The van der Waals surface area contributed by atoms with Crippen LogP contribution in [0.2, 0.25) is 0 Å². The van der Waals surface area contributed by atoms with Crippen molar-refractivity contribution in [2.45, 2.75) is 12.8 Å². The summed E-state index contributed by atoms with van der Waals surface area (Å²) in [6.07, 6.45) is 3.28. The van der Waals surface area contributed by atoms with Crippen molar-refractivity contribution >= 4 is 5.97 Å². The number of aliphatic carboxylic acids is 1. The Hall–Kier alpha value is -1.23. The van der Waals surface area contributed by atoms with Gasteiger partial charge in [0.1, 0.15) is 0 Å². The van der Waals surface area contributed by atoms with Gasteiger partial charge >= 0.3 is 5.97 Å². The quantitative estimate of drug-likeness (QED) is 0.300. The highest BCUT2D eigenvalue weighted by molar-refractivity contribution is 5.85. The average molecular weight is 171 g/mol. The minimum absolute atomic E-state index is 0.0399. The number of carboxylic acids is 1. The summed E-state index contributed by atoms with van der Waals surface area (Å²) in [5.41, 5.74) is 5.07. The molecule has 1 aliphatic rings. The Morgan fingerprint density at radius 1 is 1.67 bits per heavy atom. The van der Waals surface area contributed by atoms with E-state index in [4.69, 9.17) is 16.7 Å². The number of hydrazine groups is 1. The molecule has 0 spiro atoms. The van der Waals surface area contributed by atoms with E-state index in [1.807, 2.05) is 0 Å². The molecule has 5 nitrogen and oxygen atoms in total. The summed E-state index contributed by atoms with van der Waals surface area (Å²) in [4.78, 5) is 10.5. The highest BCUT2D eigenvalue weighted by Gasteiger charge is 2.25.